The molecule has 1 aromatic rings. The minimum atomic E-state index is -0.429. The van der Waals surface area contributed by atoms with Crippen molar-refractivity contribution in [2.75, 3.05) is 30.8 Å². The maximum Gasteiger partial charge on any atom is 0.353 e. The zero-order valence-corrected chi connectivity index (χ0v) is 12.1. The number of aromatic nitrogens is 2. The van der Waals surface area contributed by atoms with Gasteiger partial charge in [0, 0.05) is 25.7 Å². The van der Waals surface area contributed by atoms with E-state index in [4.69, 9.17) is 0 Å². The molecule has 0 saturated carbocycles. The fraction of sp³-hybridized carbons (Fsp3) is 0.692. The molecule has 8 heteroatoms. The number of rotatable bonds is 4. The normalized spacial score (nSPS) is 25.4. The summed E-state index contributed by atoms with van der Waals surface area (Å²) in [6.07, 6.45) is 5.98. The molecule has 8 nitrogen and oxygen atoms in total. The second-order valence-electron chi connectivity index (χ2n) is 5.57. The van der Waals surface area contributed by atoms with Gasteiger partial charge in [-0.05, 0) is 25.8 Å². The lowest BCUT2D eigenvalue weighted by Crippen LogP contribution is -2.41. The second kappa shape index (κ2) is 5.80. The van der Waals surface area contributed by atoms with Crippen LogP contribution in [0.25, 0.3) is 0 Å². The fourth-order valence-corrected chi connectivity index (χ4v) is 3.43. The molecule has 1 aromatic heterocycles. The molecule has 2 aliphatic heterocycles. The van der Waals surface area contributed by atoms with E-state index < -0.39 is 4.92 Å². The van der Waals surface area contributed by atoms with Crippen molar-refractivity contribution in [3.8, 4) is 0 Å². The number of fused-ring (bicyclic) bond motifs is 1. The van der Waals surface area contributed by atoms with Gasteiger partial charge in [-0.15, -0.1) is 0 Å². The van der Waals surface area contributed by atoms with Crippen molar-refractivity contribution in [1.29, 1.82) is 0 Å². The number of hydrogen-bond donors (Lipinski definition) is 2. The number of anilines is 2. The van der Waals surface area contributed by atoms with Crippen molar-refractivity contribution >= 4 is 17.3 Å². The van der Waals surface area contributed by atoms with Crippen LogP contribution in [0.3, 0.4) is 0 Å². The van der Waals surface area contributed by atoms with Crippen molar-refractivity contribution in [3.63, 3.8) is 0 Å². The molecule has 2 fully saturated rings. The highest BCUT2D eigenvalue weighted by atomic mass is 16.6. The average molecular weight is 292 g/mol. The number of piperidine rings is 1. The Labute approximate surface area is 123 Å². The van der Waals surface area contributed by atoms with Crippen LogP contribution in [0, 0.1) is 10.1 Å². The van der Waals surface area contributed by atoms with E-state index in [1.54, 1.807) is 7.05 Å². The van der Waals surface area contributed by atoms with Crippen LogP contribution in [-0.2, 0) is 0 Å². The van der Waals surface area contributed by atoms with Gasteiger partial charge in [-0.3, -0.25) is 15.0 Å². The summed E-state index contributed by atoms with van der Waals surface area (Å²) in [5, 5.41) is 17.3. The maximum atomic E-state index is 11.3. The van der Waals surface area contributed by atoms with E-state index >= 15 is 0 Å². The summed E-state index contributed by atoms with van der Waals surface area (Å²) >= 11 is 0. The van der Waals surface area contributed by atoms with E-state index in [1.807, 2.05) is 0 Å². The van der Waals surface area contributed by atoms with Gasteiger partial charge in [0.2, 0.25) is 11.6 Å². The quantitative estimate of drug-likeness (QED) is 0.640. The Morgan fingerprint density at radius 3 is 2.86 bits per heavy atom. The van der Waals surface area contributed by atoms with Gasteiger partial charge in [0.1, 0.15) is 6.33 Å². The molecular formula is C13H20N6O2. The Morgan fingerprint density at radius 2 is 2.10 bits per heavy atom. The fourth-order valence-electron chi connectivity index (χ4n) is 3.43. The molecule has 3 heterocycles. The minimum absolute atomic E-state index is 0.0748. The molecule has 2 saturated heterocycles. The Kier molecular flexibility index (Phi) is 3.87. The molecule has 0 aliphatic carbocycles. The van der Waals surface area contributed by atoms with Crippen molar-refractivity contribution in [1.82, 2.24) is 14.9 Å². The van der Waals surface area contributed by atoms with Crippen LogP contribution < -0.4 is 10.6 Å². The topological polar surface area (TPSA) is 96.2 Å². The van der Waals surface area contributed by atoms with Gasteiger partial charge in [0.15, 0.2) is 0 Å². The van der Waals surface area contributed by atoms with Gasteiger partial charge in [0.05, 0.1) is 4.92 Å². The van der Waals surface area contributed by atoms with E-state index in [9.17, 15) is 10.1 Å². The molecule has 0 spiro atoms. The van der Waals surface area contributed by atoms with Gasteiger partial charge in [-0.1, -0.05) is 6.42 Å². The second-order valence-corrected chi connectivity index (χ2v) is 5.57. The number of nitrogens with one attached hydrogen (secondary N) is 2. The highest BCUT2D eigenvalue weighted by Gasteiger charge is 2.37. The molecule has 0 radical (unpaired) electrons. The van der Waals surface area contributed by atoms with Gasteiger partial charge < -0.3 is 10.6 Å². The molecule has 0 bridgehead atoms. The third-order valence-electron chi connectivity index (χ3n) is 4.42. The van der Waals surface area contributed by atoms with Crippen molar-refractivity contribution < 1.29 is 4.92 Å². The smallest absolute Gasteiger partial charge is 0.353 e. The first kappa shape index (κ1) is 14.0. The van der Waals surface area contributed by atoms with Gasteiger partial charge in [0.25, 0.3) is 0 Å². The molecule has 2 unspecified atom stereocenters. The molecule has 2 atom stereocenters. The zero-order chi connectivity index (χ0) is 14.8. The molecule has 114 valence electrons. The first-order chi connectivity index (χ1) is 10.2. The Bertz CT molecular complexity index is 537. The van der Waals surface area contributed by atoms with Crippen LogP contribution in [0.5, 0.6) is 0 Å². The molecule has 0 aromatic carbocycles. The lowest BCUT2D eigenvalue weighted by Gasteiger charge is -2.32. The third-order valence-corrected chi connectivity index (χ3v) is 4.42. The average Bonchev–Trinajstić information content (AvgIpc) is 2.90. The molecule has 2 N–H and O–H groups in total. The van der Waals surface area contributed by atoms with Crippen LogP contribution >= 0.6 is 0 Å². The summed E-state index contributed by atoms with van der Waals surface area (Å²) in [6, 6.07) is 0.690. The summed E-state index contributed by atoms with van der Waals surface area (Å²) in [5.41, 5.74) is -0.0748. The van der Waals surface area contributed by atoms with Crippen molar-refractivity contribution in [2.24, 2.45) is 0 Å². The number of nitrogens with zero attached hydrogens (tertiary/aromatic N) is 4. The zero-order valence-electron chi connectivity index (χ0n) is 12.1. The largest absolute Gasteiger partial charge is 0.367 e. The van der Waals surface area contributed by atoms with Crippen LogP contribution in [0.15, 0.2) is 6.33 Å². The van der Waals surface area contributed by atoms with Gasteiger partial charge in [-0.2, -0.15) is 0 Å². The predicted molar refractivity (Wildman–Crippen MR) is 79.5 cm³/mol. The summed E-state index contributed by atoms with van der Waals surface area (Å²) in [4.78, 5) is 21.4. The van der Waals surface area contributed by atoms with Crippen LogP contribution in [0.2, 0.25) is 0 Å². The summed E-state index contributed by atoms with van der Waals surface area (Å²) in [7, 11) is 1.62. The summed E-state index contributed by atoms with van der Waals surface area (Å²) in [5.74, 6) is 0.563. The maximum absolute atomic E-state index is 11.3. The number of nitro groups is 1. The highest BCUT2D eigenvalue weighted by molar-refractivity contribution is 5.69. The van der Waals surface area contributed by atoms with E-state index in [2.05, 4.69) is 25.5 Å². The first-order valence-electron chi connectivity index (χ1n) is 7.38. The first-order valence-corrected chi connectivity index (χ1v) is 7.38. The highest BCUT2D eigenvalue weighted by Crippen LogP contribution is 2.33. The molecular weight excluding hydrogens is 272 g/mol. The lowest BCUT2D eigenvalue weighted by atomic mass is 9.99. The van der Waals surface area contributed by atoms with Gasteiger partial charge in [-0.25, -0.2) is 9.97 Å². The van der Waals surface area contributed by atoms with Crippen molar-refractivity contribution in [3.05, 3.63) is 16.4 Å². The molecule has 2 aliphatic rings. The third kappa shape index (κ3) is 2.63. The molecule has 3 rings (SSSR count). The monoisotopic (exact) mass is 292 g/mol. The number of hydrogen-bond acceptors (Lipinski definition) is 7. The lowest BCUT2D eigenvalue weighted by molar-refractivity contribution is -0.383. The van der Waals surface area contributed by atoms with Crippen molar-refractivity contribution in [2.45, 2.75) is 37.8 Å². The predicted octanol–water partition coefficient (Wildman–Crippen LogP) is 1.47. The van der Waals surface area contributed by atoms with Crippen LogP contribution in [0.4, 0.5) is 17.3 Å². The van der Waals surface area contributed by atoms with Crippen LogP contribution in [-0.4, -0.2) is 52.0 Å². The summed E-state index contributed by atoms with van der Waals surface area (Å²) in [6.45, 7) is 2.19. The van der Waals surface area contributed by atoms with E-state index in [1.165, 1.54) is 19.2 Å². The minimum Gasteiger partial charge on any atom is -0.367 e. The molecule has 21 heavy (non-hydrogen) atoms. The molecule has 0 amide bonds. The Morgan fingerprint density at radius 1 is 1.29 bits per heavy atom. The Balaban J connectivity index is 1.83. The SMILES string of the molecule is CNc1ncnc(NC2CCN3CCCCC23)c1[N+](=O)[O-]. The summed E-state index contributed by atoms with van der Waals surface area (Å²) < 4.78 is 0. The van der Waals surface area contributed by atoms with Gasteiger partial charge >= 0.3 is 5.69 Å². The standard InChI is InChI=1S/C13H20N6O2/c1-14-12-11(19(20)21)13(16-8-15-12)17-9-5-7-18-6-3-2-4-10(9)18/h8-10H,2-7H2,1H3,(H2,14,15,16,17). The van der Waals surface area contributed by atoms with Crippen LogP contribution in [0.1, 0.15) is 25.7 Å². The Hall–Kier alpha value is -1.96. The van der Waals surface area contributed by atoms with E-state index in [0.29, 0.717) is 11.9 Å². The van der Waals surface area contributed by atoms with E-state index in [0.717, 1.165) is 25.9 Å². The van der Waals surface area contributed by atoms with E-state index in [-0.39, 0.29) is 17.5 Å².